The molecule has 0 atom stereocenters. The van der Waals surface area contributed by atoms with E-state index in [1.807, 2.05) is 17.9 Å². The van der Waals surface area contributed by atoms with Crippen molar-refractivity contribution in [1.82, 2.24) is 14.7 Å². The van der Waals surface area contributed by atoms with Crippen molar-refractivity contribution in [2.45, 2.75) is 64.5 Å². The number of fused-ring (bicyclic) bond motifs is 1. The van der Waals surface area contributed by atoms with Gasteiger partial charge in [0.05, 0.1) is 24.3 Å². The molecule has 3 aromatic rings. The molecule has 3 heterocycles. The fraction of sp³-hybridized carbons (Fsp3) is 0.400. The lowest BCUT2D eigenvalue weighted by Gasteiger charge is -2.43. The van der Waals surface area contributed by atoms with Gasteiger partial charge < -0.3 is 9.80 Å². The molecule has 40 heavy (non-hydrogen) atoms. The standard InChI is InChI=1S/C30H31F4N5O/c1-5-29(3,4)39-19-22-18-37(23-13-15-36(16-14-23)26-20(2)9-8-12-25(26)31)28(40)38(27(22)35-39)17-21-10-6-7-11-24(21)30(32,33)34/h1,6-12,19,23H,13-18H2,2-4H3. The number of hydrogen-bond donors (Lipinski definition) is 0. The van der Waals surface area contributed by atoms with Crippen LogP contribution in [0.2, 0.25) is 0 Å². The quantitative estimate of drug-likeness (QED) is 0.274. The summed E-state index contributed by atoms with van der Waals surface area (Å²) in [7, 11) is 0. The third kappa shape index (κ3) is 5.01. The van der Waals surface area contributed by atoms with E-state index in [1.54, 1.807) is 35.7 Å². The van der Waals surface area contributed by atoms with Gasteiger partial charge in [-0.2, -0.15) is 18.3 Å². The Kier molecular flexibility index (Phi) is 7.02. The Labute approximate surface area is 231 Å². The predicted octanol–water partition coefficient (Wildman–Crippen LogP) is 6.33. The second-order valence-electron chi connectivity index (χ2n) is 10.9. The Hall–Kier alpha value is -4.00. The van der Waals surface area contributed by atoms with Gasteiger partial charge in [-0.05, 0) is 56.9 Å². The van der Waals surface area contributed by atoms with Crippen LogP contribution in [0.3, 0.4) is 0 Å². The highest BCUT2D eigenvalue weighted by molar-refractivity contribution is 5.94. The third-order valence-electron chi connectivity index (χ3n) is 7.83. The molecule has 1 aromatic heterocycles. The second kappa shape index (κ2) is 10.2. The molecule has 0 N–H and O–H groups in total. The van der Waals surface area contributed by atoms with E-state index in [4.69, 9.17) is 6.42 Å². The van der Waals surface area contributed by atoms with Gasteiger partial charge in [0.25, 0.3) is 0 Å². The molecular weight excluding hydrogens is 522 g/mol. The lowest BCUT2D eigenvalue weighted by Crippen LogP contribution is -2.54. The number of piperidine rings is 1. The predicted molar refractivity (Wildman–Crippen MR) is 145 cm³/mol. The summed E-state index contributed by atoms with van der Waals surface area (Å²) in [6.45, 7) is 6.52. The monoisotopic (exact) mass is 553 g/mol. The SMILES string of the molecule is C#CC(C)(C)n1cc2c(n1)N(Cc1ccccc1C(F)(F)F)C(=O)N(C1CCN(c3c(C)cccc3F)CC1)C2. The number of carbonyl (C=O) groups excluding carboxylic acids is 1. The van der Waals surface area contributed by atoms with E-state index in [0.29, 0.717) is 43.0 Å². The summed E-state index contributed by atoms with van der Waals surface area (Å²) in [4.78, 5) is 19.0. The molecule has 6 nitrogen and oxygen atoms in total. The number of carbonyl (C=O) groups is 1. The molecule has 0 spiro atoms. The number of nitrogens with zero attached hydrogens (tertiary/aromatic N) is 5. The number of halogens is 4. The van der Waals surface area contributed by atoms with Gasteiger partial charge >= 0.3 is 12.2 Å². The maximum Gasteiger partial charge on any atom is 0.416 e. The highest BCUT2D eigenvalue weighted by atomic mass is 19.4. The highest BCUT2D eigenvalue weighted by Crippen LogP contribution is 2.37. The lowest BCUT2D eigenvalue weighted by atomic mass is 10.00. The Morgan fingerprint density at radius 1 is 1.07 bits per heavy atom. The van der Waals surface area contributed by atoms with Crippen LogP contribution in [0.4, 0.5) is 33.9 Å². The van der Waals surface area contributed by atoms with Gasteiger partial charge in [-0.1, -0.05) is 36.3 Å². The zero-order valence-corrected chi connectivity index (χ0v) is 22.7. The molecule has 0 aliphatic carbocycles. The first-order valence-electron chi connectivity index (χ1n) is 13.2. The number of anilines is 2. The summed E-state index contributed by atoms with van der Waals surface area (Å²) in [5, 5.41) is 4.59. The first-order chi connectivity index (χ1) is 18.9. The van der Waals surface area contributed by atoms with E-state index in [2.05, 4.69) is 11.0 Å². The minimum atomic E-state index is -4.57. The topological polar surface area (TPSA) is 44.6 Å². The number of aryl methyl sites for hydroxylation is 1. The molecule has 2 aromatic carbocycles. The van der Waals surface area contributed by atoms with Crippen molar-refractivity contribution in [3.05, 3.63) is 76.7 Å². The number of amides is 2. The molecule has 1 saturated heterocycles. The highest BCUT2D eigenvalue weighted by Gasteiger charge is 2.41. The van der Waals surface area contributed by atoms with Gasteiger partial charge in [-0.25, -0.2) is 9.18 Å². The molecule has 10 heteroatoms. The van der Waals surface area contributed by atoms with Crippen LogP contribution in [0.5, 0.6) is 0 Å². The van der Waals surface area contributed by atoms with Crippen molar-refractivity contribution in [2.24, 2.45) is 0 Å². The summed E-state index contributed by atoms with van der Waals surface area (Å²) < 4.78 is 57.6. The molecule has 2 amide bonds. The van der Waals surface area contributed by atoms with Crippen molar-refractivity contribution in [3.63, 3.8) is 0 Å². The van der Waals surface area contributed by atoms with Crippen LogP contribution in [0, 0.1) is 25.1 Å². The molecule has 2 aliphatic heterocycles. The molecule has 2 aliphatic rings. The molecule has 1 fully saturated rings. The van der Waals surface area contributed by atoms with Crippen LogP contribution in [0.25, 0.3) is 0 Å². The van der Waals surface area contributed by atoms with Crippen LogP contribution < -0.4 is 9.80 Å². The zero-order valence-electron chi connectivity index (χ0n) is 22.7. The minimum absolute atomic E-state index is 0.0215. The van der Waals surface area contributed by atoms with Crippen LogP contribution in [-0.4, -0.2) is 39.8 Å². The second-order valence-corrected chi connectivity index (χ2v) is 10.9. The maximum absolute atomic E-state index is 14.6. The molecule has 5 rings (SSSR count). The van der Waals surface area contributed by atoms with E-state index in [9.17, 15) is 22.4 Å². The van der Waals surface area contributed by atoms with Crippen molar-refractivity contribution in [1.29, 1.82) is 0 Å². The first-order valence-corrected chi connectivity index (χ1v) is 13.2. The fourth-order valence-corrected chi connectivity index (χ4v) is 5.55. The number of aromatic nitrogens is 2. The molecular formula is C30H31F4N5O. The number of hydrogen-bond acceptors (Lipinski definition) is 3. The van der Waals surface area contributed by atoms with Crippen LogP contribution >= 0.6 is 0 Å². The number of para-hydroxylation sites is 1. The number of rotatable bonds is 5. The van der Waals surface area contributed by atoms with Gasteiger partial charge in [-0.15, -0.1) is 6.42 Å². The summed E-state index contributed by atoms with van der Waals surface area (Å²) in [5.41, 5.74) is 0.500. The number of benzene rings is 2. The average Bonchev–Trinajstić information content (AvgIpc) is 3.35. The average molecular weight is 554 g/mol. The Morgan fingerprint density at radius 3 is 2.42 bits per heavy atom. The molecule has 0 saturated carbocycles. The van der Waals surface area contributed by atoms with E-state index >= 15 is 0 Å². The van der Waals surface area contributed by atoms with E-state index in [-0.39, 0.29) is 30.5 Å². The summed E-state index contributed by atoms with van der Waals surface area (Å²) >= 11 is 0. The van der Waals surface area contributed by atoms with E-state index < -0.39 is 23.3 Å². The fourth-order valence-electron chi connectivity index (χ4n) is 5.55. The molecule has 0 bridgehead atoms. The van der Waals surface area contributed by atoms with Crippen LogP contribution in [-0.2, 0) is 24.8 Å². The largest absolute Gasteiger partial charge is 0.416 e. The van der Waals surface area contributed by atoms with Crippen molar-refractivity contribution >= 4 is 17.5 Å². The lowest BCUT2D eigenvalue weighted by molar-refractivity contribution is -0.138. The van der Waals surface area contributed by atoms with Gasteiger partial charge in [0.1, 0.15) is 11.4 Å². The van der Waals surface area contributed by atoms with Gasteiger partial charge in [-0.3, -0.25) is 9.58 Å². The number of terminal acetylenes is 1. The van der Waals surface area contributed by atoms with Crippen LogP contribution in [0.1, 0.15) is 48.9 Å². The summed E-state index contributed by atoms with van der Waals surface area (Å²) in [6, 6.07) is 9.66. The molecule has 0 radical (unpaired) electrons. The Bertz CT molecular complexity index is 1440. The third-order valence-corrected chi connectivity index (χ3v) is 7.83. The summed E-state index contributed by atoms with van der Waals surface area (Å²) in [5.74, 6) is 2.70. The number of urea groups is 1. The maximum atomic E-state index is 14.6. The van der Waals surface area contributed by atoms with Crippen LogP contribution in [0.15, 0.2) is 48.7 Å². The van der Waals surface area contributed by atoms with Crippen molar-refractivity contribution in [3.8, 4) is 12.3 Å². The molecule has 210 valence electrons. The van der Waals surface area contributed by atoms with E-state index in [1.165, 1.54) is 29.2 Å². The van der Waals surface area contributed by atoms with E-state index in [0.717, 1.165) is 11.6 Å². The first kappa shape index (κ1) is 27.6. The van der Waals surface area contributed by atoms with Crippen molar-refractivity contribution in [2.75, 3.05) is 22.9 Å². The Morgan fingerprint density at radius 2 is 1.77 bits per heavy atom. The Balaban J connectivity index is 1.46. The zero-order chi connectivity index (χ0) is 28.8. The van der Waals surface area contributed by atoms with Gasteiger partial charge in [0.15, 0.2) is 5.82 Å². The minimum Gasteiger partial charge on any atom is -0.369 e. The number of alkyl halides is 3. The molecule has 0 unspecified atom stereocenters. The van der Waals surface area contributed by atoms with Crippen molar-refractivity contribution < 1.29 is 22.4 Å². The smallest absolute Gasteiger partial charge is 0.369 e. The van der Waals surface area contributed by atoms with Gasteiger partial charge in [0, 0.05) is 30.9 Å². The normalized spacial score (nSPS) is 16.8. The van der Waals surface area contributed by atoms with Gasteiger partial charge in [0.2, 0.25) is 0 Å². The summed E-state index contributed by atoms with van der Waals surface area (Å²) in [6.07, 6.45) is 4.10.